The van der Waals surface area contributed by atoms with Crippen molar-refractivity contribution in [3.63, 3.8) is 0 Å². The summed E-state index contributed by atoms with van der Waals surface area (Å²) in [5.41, 5.74) is -0.596. The van der Waals surface area contributed by atoms with Gasteiger partial charge in [0.25, 0.3) is 0 Å². The second-order valence-corrected chi connectivity index (χ2v) is 8.04. The second-order valence-electron chi connectivity index (χ2n) is 8.04. The van der Waals surface area contributed by atoms with E-state index in [-0.39, 0.29) is 5.82 Å². The summed E-state index contributed by atoms with van der Waals surface area (Å²) in [5.74, 6) is 1.95. The van der Waals surface area contributed by atoms with Crippen molar-refractivity contribution in [2.45, 2.75) is 31.7 Å². The lowest BCUT2D eigenvalue weighted by molar-refractivity contribution is -0.385. The normalized spacial score (nSPS) is 28.1. The van der Waals surface area contributed by atoms with Gasteiger partial charge in [-0.3, -0.25) is 24.2 Å². The smallest absolute Gasteiger partial charge is 0.348 e. The fraction of sp³-hybridized carbons (Fsp3) is 0.579. The SMILES string of the molecule is O=c1c([N+](=O)[O-])c(N2CCN(C3CC4CCC3C4)CC2)nc2ccccn12. The van der Waals surface area contributed by atoms with E-state index in [1.807, 2.05) is 4.90 Å². The van der Waals surface area contributed by atoms with Crippen LogP contribution in [0.1, 0.15) is 25.7 Å². The zero-order valence-corrected chi connectivity index (χ0v) is 15.2. The van der Waals surface area contributed by atoms with E-state index < -0.39 is 16.2 Å². The number of fused-ring (bicyclic) bond motifs is 3. The number of nitro groups is 1. The maximum atomic E-state index is 12.6. The van der Waals surface area contributed by atoms with E-state index in [0.717, 1.165) is 24.9 Å². The molecule has 0 amide bonds. The Hall–Kier alpha value is -2.48. The maximum absolute atomic E-state index is 12.6. The third kappa shape index (κ3) is 2.70. The van der Waals surface area contributed by atoms with Gasteiger partial charge >= 0.3 is 11.2 Å². The minimum atomic E-state index is -0.615. The van der Waals surface area contributed by atoms with Gasteiger partial charge in [0.15, 0.2) is 0 Å². The van der Waals surface area contributed by atoms with Crippen molar-refractivity contribution < 1.29 is 4.92 Å². The van der Waals surface area contributed by atoms with Crippen molar-refractivity contribution in [2.24, 2.45) is 11.8 Å². The molecule has 8 nitrogen and oxygen atoms in total. The lowest BCUT2D eigenvalue weighted by atomic mass is 9.93. The van der Waals surface area contributed by atoms with Crippen molar-refractivity contribution in [3.8, 4) is 0 Å². The van der Waals surface area contributed by atoms with Crippen LogP contribution in [0.15, 0.2) is 29.2 Å². The molecule has 0 spiro atoms. The molecule has 0 aromatic carbocycles. The van der Waals surface area contributed by atoms with E-state index in [9.17, 15) is 14.9 Å². The first-order chi connectivity index (χ1) is 13.1. The highest BCUT2D eigenvalue weighted by Crippen LogP contribution is 2.46. The predicted octanol–water partition coefficient (Wildman–Crippen LogP) is 1.91. The minimum absolute atomic E-state index is 0.212. The summed E-state index contributed by atoms with van der Waals surface area (Å²) in [4.78, 5) is 32.6. The molecule has 3 atom stereocenters. The van der Waals surface area contributed by atoms with Crippen LogP contribution in [0.3, 0.4) is 0 Å². The first-order valence-corrected chi connectivity index (χ1v) is 9.76. The van der Waals surface area contributed by atoms with Crippen LogP contribution in [0.2, 0.25) is 0 Å². The highest BCUT2D eigenvalue weighted by molar-refractivity contribution is 5.61. The third-order valence-corrected chi connectivity index (χ3v) is 6.66. The molecule has 2 aromatic rings. The molecular weight excluding hydrogens is 346 g/mol. The molecule has 0 N–H and O–H groups in total. The maximum Gasteiger partial charge on any atom is 0.376 e. The third-order valence-electron chi connectivity index (χ3n) is 6.66. The number of hydrogen-bond donors (Lipinski definition) is 0. The van der Waals surface area contributed by atoms with Crippen LogP contribution in [0, 0.1) is 22.0 Å². The van der Waals surface area contributed by atoms with Crippen LogP contribution in [-0.2, 0) is 0 Å². The predicted molar refractivity (Wildman–Crippen MR) is 101 cm³/mol. The number of anilines is 1. The van der Waals surface area contributed by atoms with Crippen LogP contribution in [0.5, 0.6) is 0 Å². The summed E-state index contributed by atoms with van der Waals surface area (Å²) in [6, 6.07) is 5.84. The Morgan fingerprint density at radius 2 is 1.93 bits per heavy atom. The standard InChI is InChI=1S/C19H23N5O3/c25-19-17(24(26)27)18(20-16-3-1-2-6-23(16)19)22-9-7-21(8-10-22)15-12-13-4-5-14(15)11-13/h1-3,6,13-15H,4-5,7-12H2. The second kappa shape index (κ2) is 6.30. The summed E-state index contributed by atoms with van der Waals surface area (Å²) >= 11 is 0. The molecule has 3 fully saturated rings. The zero-order valence-electron chi connectivity index (χ0n) is 15.2. The number of aromatic nitrogens is 2. The molecule has 3 heterocycles. The molecule has 27 heavy (non-hydrogen) atoms. The van der Waals surface area contributed by atoms with Gasteiger partial charge in [-0.25, -0.2) is 4.98 Å². The Bertz CT molecular complexity index is 950. The molecule has 2 bridgehead atoms. The topological polar surface area (TPSA) is 84.0 Å². The summed E-state index contributed by atoms with van der Waals surface area (Å²) in [6.45, 7) is 3.09. The van der Waals surface area contributed by atoms with Gasteiger partial charge in [0, 0.05) is 38.4 Å². The summed E-state index contributed by atoms with van der Waals surface area (Å²) in [7, 11) is 0. The minimum Gasteiger partial charge on any atom is -0.348 e. The summed E-state index contributed by atoms with van der Waals surface area (Å²) in [6.07, 6.45) is 6.94. The molecule has 0 radical (unpaired) electrons. The van der Waals surface area contributed by atoms with Crippen molar-refractivity contribution >= 4 is 17.2 Å². The van der Waals surface area contributed by atoms with E-state index in [1.54, 1.807) is 18.2 Å². The first kappa shape index (κ1) is 16.7. The average Bonchev–Trinajstić information content (AvgIpc) is 3.31. The Morgan fingerprint density at radius 1 is 1.11 bits per heavy atom. The molecule has 3 aliphatic rings. The molecule has 2 aromatic heterocycles. The molecular formula is C19H23N5O3. The number of hydrogen-bond acceptors (Lipinski definition) is 6. The fourth-order valence-corrected chi connectivity index (χ4v) is 5.37. The van der Waals surface area contributed by atoms with Crippen LogP contribution in [0.4, 0.5) is 11.5 Å². The van der Waals surface area contributed by atoms with Crippen molar-refractivity contribution in [1.29, 1.82) is 0 Å². The van der Waals surface area contributed by atoms with Gasteiger partial charge in [0.2, 0.25) is 5.82 Å². The van der Waals surface area contributed by atoms with Gasteiger partial charge in [-0.15, -0.1) is 0 Å². The van der Waals surface area contributed by atoms with Gasteiger partial charge in [-0.05, 0) is 43.2 Å². The van der Waals surface area contributed by atoms with Gasteiger partial charge in [0.05, 0.1) is 4.92 Å². The summed E-state index contributed by atoms with van der Waals surface area (Å²) < 4.78 is 1.24. The van der Waals surface area contributed by atoms with Crippen LogP contribution >= 0.6 is 0 Å². The van der Waals surface area contributed by atoms with Gasteiger partial charge < -0.3 is 4.90 Å². The quantitative estimate of drug-likeness (QED) is 0.607. The number of pyridine rings is 1. The molecule has 2 saturated carbocycles. The highest BCUT2D eigenvalue weighted by atomic mass is 16.6. The fourth-order valence-electron chi connectivity index (χ4n) is 5.37. The Balaban J connectivity index is 1.42. The molecule has 2 aliphatic carbocycles. The number of piperazine rings is 1. The number of rotatable bonds is 3. The Morgan fingerprint density at radius 3 is 2.59 bits per heavy atom. The van der Waals surface area contributed by atoms with Crippen LogP contribution < -0.4 is 10.5 Å². The van der Waals surface area contributed by atoms with E-state index in [1.165, 1.54) is 36.3 Å². The van der Waals surface area contributed by atoms with Crippen LogP contribution in [0.25, 0.3) is 5.65 Å². The van der Waals surface area contributed by atoms with Crippen molar-refractivity contribution in [3.05, 3.63) is 44.9 Å². The molecule has 5 rings (SSSR count). The Labute approximate surface area is 156 Å². The van der Waals surface area contributed by atoms with Crippen LogP contribution in [-0.4, -0.2) is 51.4 Å². The van der Waals surface area contributed by atoms with Gasteiger partial charge in [-0.1, -0.05) is 12.5 Å². The lowest BCUT2D eigenvalue weighted by Gasteiger charge is -2.41. The van der Waals surface area contributed by atoms with Gasteiger partial charge in [-0.2, -0.15) is 0 Å². The van der Waals surface area contributed by atoms with Crippen molar-refractivity contribution in [2.75, 3.05) is 31.1 Å². The molecule has 8 heteroatoms. The first-order valence-electron chi connectivity index (χ1n) is 9.76. The summed E-state index contributed by atoms with van der Waals surface area (Å²) in [5, 5.41) is 11.6. The zero-order chi connectivity index (χ0) is 18.5. The highest BCUT2D eigenvalue weighted by Gasteiger charge is 2.43. The molecule has 3 unspecified atom stereocenters. The van der Waals surface area contributed by atoms with Gasteiger partial charge in [0.1, 0.15) is 5.65 Å². The van der Waals surface area contributed by atoms with Crippen molar-refractivity contribution in [1.82, 2.24) is 14.3 Å². The van der Waals surface area contributed by atoms with E-state index in [2.05, 4.69) is 9.88 Å². The molecule has 142 valence electrons. The monoisotopic (exact) mass is 369 g/mol. The van der Waals surface area contributed by atoms with E-state index in [0.29, 0.717) is 24.8 Å². The average molecular weight is 369 g/mol. The van der Waals surface area contributed by atoms with E-state index in [4.69, 9.17) is 0 Å². The van der Waals surface area contributed by atoms with E-state index >= 15 is 0 Å². The largest absolute Gasteiger partial charge is 0.376 e. The molecule has 1 saturated heterocycles. The molecule has 1 aliphatic heterocycles. The lowest BCUT2D eigenvalue weighted by Crippen LogP contribution is -2.52. The number of nitrogens with zero attached hydrogens (tertiary/aromatic N) is 5. The Kier molecular flexibility index (Phi) is 3.89.